The van der Waals surface area contributed by atoms with Crippen LogP contribution in [0.15, 0.2) is 29.4 Å². The highest BCUT2D eigenvalue weighted by Gasteiger charge is 2.14. The molecule has 2 aromatic rings. The number of hydrogen-bond acceptors (Lipinski definition) is 5. The molecule has 0 atom stereocenters. The van der Waals surface area contributed by atoms with Crippen molar-refractivity contribution < 1.29 is 14.3 Å². The molecule has 1 heterocycles. The summed E-state index contributed by atoms with van der Waals surface area (Å²) in [5, 5.41) is 3.73. The van der Waals surface area contributed by atoms with E-state index in [9.17, 15) is 9.59 Å². The van der Waals surface area contributed by atoms with Gasteiger partial charge >= 0.3 is 5.97 Å². The van der Waals surface area contributed by atoms with Gasteiger partial charge in [0.05, 0.1) is 23.6 Å². The number of unbranched alkanes of at least 4 members (excludes halogenated alkanes) is 1. The van der Waals surface area contributed by atoms with Crippen LogP contribution >= 0.6 is 11.8 Å². The van der Waals surface area contributed by atoms with E-state index < -0.39 is 0 Å². The van der Waals surface area contributed by atoms with Gasteiger partial charge in [-0.1, -0.05) is 39.0 Å². The van der Waals surface area contributed by atoms with Crippen molar-refractivity contribution >= 4 is 29.3 Å². The van der Waals surface area contributed by atoms with Crippen molar-refractivity contribution in [3.8, 4) is 0 Å². The fraction of sp³-hybridized carbons (Fsp3) is 0.500. The molecule has 6 nitrogen and oxygen atoms in total. The number of hydrogen-bond donors (Lipinski definition) is 1. The standard InChI is InChI=1S/C22H31N3O3S/c1-6-7-12-28-21(27)18-8-10-19(11-9-18)24-20(26)14-29-22-23-16(4)17(5)25(22)13-15(2)3/h8-11,15H,6-7,12-14H2,1-5H3,(H,24,26). The first-order valence-electron chi connectivity index (χ1n) is 10.0. The van der Waals surface area contributed by atoms with E-state index in [1.165, 1.54) is 11.8 Å². The molecule has 0 aliphatic rings. The zero-order valence-corrected chi connectivity index (χ0v) is 18.8. The van der Waals surface area contributed by atoms with Crippen LogP contribution in [0.4, 0.5) is 5.69 Å². The van der Waals surface area contributed by atoms with E-state index in [1.54, 1.807) is 24.3 Å². The van der Waals surface area contributed by atoms with Gasteiger partial charge in [0.15, 0.2) is 5.16 Å². The molecule has 0 radical (unpaired) electrons. The Kier molecular flexibility index (Phi) is 8.76. The summed E-state index contributed by atoms with van der Waals surface area (Å²) in [7, 11) is 0. The Morgan fingerprint density at radius 3 is 2.52 bits per heavy atom. The third kappa shape index (κ3) is 6.92. The quantitative estimate of drug-likeness (QED) is 0.340. The molecule has 0 bridgehead atoms. The van der Waals surface area contributed by atoms with Gasteiger partial charge in [0.25, 0.3) is 0 Å². The number of anilines is 1. The van der Waals surface area contributed by atoms with E-state index in [-0.39, 0.29) is 17.6 Å². The highest BCUT2D eigenvalue weighted by atomic mass is 32.2. The smallest absolute Gasteiger partial charge is 0.338 e. The van der Waals surface area contributed by atoms with Crippen molar-refractivity contribution in [1.29, 1.82) is 0 Å². The largest absolute Gasteiger partial charge is 0.462 e. The van der Waals surface area contributed by atoms with Crippen LogP contribution in [0.25, 0.3) is 0 Å². The summed E-state index contributed by atoms with van der Waals surface area (Å²) in [5.41, 5.74) is 3.27. The molecule has 0 unspecified atom stereocenters. The van der Waals surface area contributed by atoms with Crippen molar-refractivity contribution in [1.82, 2.24) is 9.55 Å². The SMILES string of the molecule is CCCCOC(=O)c1ccc(NC(=O)CSc2nc(C)c(C)n2CC(C)C)cc1. The van der Waals surface area contributed by atoms with Crippen LogP contribution in [0.1, 0.15) is 55.4 Å². The summed E-state index contributed by atoms with van der Waals surface area (Å²) in [6.07, 6.45) is 1.83. The second kappa shape index (κ2) is 11.0. The summed E-state index contributed by atoms with van der Waals surface area (Å²) in [4.78, 5) is 28.9. The van der Waals surface area contributed by atoms with Gasteiger partial charge in [-0.15, -0.1) is 0 Å². The summed E-state index contributed by atoms with van der Waals surface area (Å²) in [6, 6.07) is 6.76. The van der Waals surface area contributed by atoms with Crippen LogP contribution in [0, 0.1) is 19.8 Å². The predicted molar refractivity (Wildman–Crippen MR) is 118 cm³/mol. The van der Waals surface area contributed by atoms with Gasteiger partial charge in [-0.3, -0.25) is 4.79 Å². The molecule has 2 rings (SSSR count). The summed E-state index contributed by atoms with van der Waals surface area (Å²) in [6.45, 7) is 11.7. The second-order valence-corrected chi connectivity index (χ2v) is 8.42. The molecule has 1 N–H and O–H groups in total. The Bertz CT molecular complexity index is 829. The molecule has 0 aliphatic carbocycles. The summed E-state index contributed by atoms with van der Waals surface area (Å²) in [5.74, 6) is 0.328. The number of ether oxygens (including phenoxy) is 1. The van der Waals surface area contributed by atoms with Crippen LogP contribution in [-0.4, -0.2) is 33.8 Å². The molecule has 29 heavy (non-hydrogen) atoms. The number of aromatic nitrogens is 2. The van der Waals surface area contributed by atoms with Crippen molar-refractivity contribution in [3.05, 3.63) is 41.2 Å². The number of thioether (sulfide) groups is 1. The molecule has 7 heteroatoms. The number of nitrogens with one attached hydrogen (secondary N) is 1. The van der Waals surface area contributed by atoms with E-state index in [0.29, 0.717) is 23.8 Å². The van der Waals surface area contributed by atoms with Gasteiger partial charge < -0.3 is 14.6 Å². The van der Waals surface area contributed by atoms with E-state index >= 15 is 0 Å². The minimum absolute atomic E-state index is 0.109. The Morgan fingerprint density at radius 2 is 1.90 bits per heavy atom. The van der Waals surface area contributed by atoms with Crippen LogP contribution < -0.4 is 5.32 Å². The molecular weight excluding hydrogens is 386 g/mol. The van der Waals surface area contributed by atoms with E-state index in [1.807, 2.05) is 13.8 Å². The zero-order chi connectivity index (χ0) is 21.4. The maximum atomic E-state index is 12.3. The van der Waals surface area contributed by atoms with Gasteiger partial charge in [-0.05, 0) is 50.5 Å². The zero-order valence-electron chi connectivity index (χ0n) is 17.9. The number of rotatable bonds is 10. The summed E-state index contributed by atoms with van der Waals surface area (Å²) >= 11 is 1.44. The van der Waals surface area contributed by atoms with Crippen molar-refractivity contribution in [3.63, 3.8) is 0 Å². The first-order chi connectivity index (χ1) is 13.8. The lowest BCUT2D eigenvalue weighted by Gasteiger charge is -2.12. The normalized spacial score (nSPS) is 11.0. The minimum atomic E-state index is -0.338. The second-order valence-electron chi connectivity index (χ2n) is 7.47. The predicted octanol–water partition coefficient (Wildman–Crippen LogP) is 4.84. The first kappa shape index (κ1) is 23.0. The number of nitrogens with zero attached hydrogens (tertiary/aromatic N) is 2. The van der Waals surface area contributed by atoms with Crippen LogP contribution in [0.3, 0.4) is 0 Å². The fourth-order valence-electron chi connectivity index (χ4n) is 2.72. The molecule has 1 amide bonds. The molecule has 158 valence electrons. The third-order valence-electron chi connectivity index (χ3n) is 4.44. The Morgan fingerprint density at radius 1 is 1.21 bits per heavy atom. The summed E-state index contributed by atoms with van der Waals surface area (Å²) < 4.78 is 7.37. The van der Waals surface area contributed by atoms with Crippen LogP contribution in [0.2, 0.25) is 0 Å². The first-order valence-corrected chi connectivity index (χ1v) is 11.0. The molecular formula is C22H31N3O3S. The number of imidazole rings is 1. The lowest BCUT2D eigenvalue weighted by molar-refractivity contribution is -0.113. The minimum Gasteiger partial charge on any atom is -0.462 e. The fourth-order valence-corrected chi connectivity index (χ4v) is 3.62. The highest BCUT2D eigenvalue weighted by molar-refractivity contribution is 7.99. The molecule has 1 aromatic heterocycles. The average Bonchev–Trinajstić information content (AvgIpc) is 2.94. The molecule has 0 fully saturated rings. The molecule has 0 saturated carbocycles. The van der Waals surface area contributed by atoms with Crippen LogP contribution in [-0.2, 0) is 16.1 Å². The van der Waals surface area contributed by atoms with Crippen LogP contribution in [0.5, 0.6) is 0 Å². The lowest BCUT2D eigenvalue weighted by atomic mass is 10.2. The maximum Gasteiger partial charge on any atom is 0.338 e. The number of amides is 1. The van der Waals surface area contributed by atoms with E-state index in [0.717, 1.165) is 35.9 Å². The Balaban J connectivity index is 1.90. The van der Waals surface area contributed by atoms with Gasteiger partial charge in [-0.25, -0.2) is 9.78 Å². The number of carbonyl (C=O) groups excluding carboxylic acids is 2. The van der Waals surface area contributed by atoms with Gasteiger partial charge in [0.1, 0.15) is 0 Å². The average molecular weight is 418 g/mol. The van der Waals surface area contributed by atoms with E-state index in [2.05, 4.69) is 35.6 Å². The number of carbonyl (C=O) groups is 2. The third-order valence-corrected chi connectivity index (χ3v) is 5.41. The monoisotopic (exact) mass is 417 g/mol. The Hall–Kier alpha value is -2.28. The molecule has 1 aromatic carbocycles. The van der Waals surface area contributed by atoms with Gasteiger partial charge in [0.2, 0.25) is 5.91 Å². The van der Waals surface area contributed by atoms with Crippen molar-refractivity contribution in [2.75, 3.05) is 17.7 Å². The van der Waals surface area contributed by atoms with Gasteiger partial charge in [-0.2, -0.15) is 0 Å². The van der Waals surface area contributed by atoms with Crippen molar-refractivity contribution in [2.45, 2.75) is 59.2 Å². The molecule has 0 saturated heterocycles. The van der Waals surface area contributed by atoms with Crippen molar-refractivity contribution in [2.24, 2.45) is 5.92 Å². The lowest BCUT2D eigenvalue weighted by Crippen LogP contribution is -2.15. The molecule has 0 spiro atoms. The number of esters is 1. The number of benzene rings is 1. The highest BCUT2D eigenvalue weighted by Crippen LogP contribution is 2.23. The topological polar surface area (TPSA) is 73.2 Å². The molecule has 0 aliphatic heterocycles. The number of aryl methyl sites for hydroxylation is 1. The Labute approximate surface area is 177 Å². The maximum absolute atomic E-state index is 12.3. The van der Waals surface area contributed by atoms with E-state index in [4.69, 9.17) is 4.74 Å². The van der Waals surface area contributed by atoms with Gasteiger partial charge in [0, 0.05) is 17.9 Å².